The zero-order valence-corrected chi connectivity index (χ0v) is 9.90. The standard InChI is InChI=1S/C17H14/c1-14-8-12-17(13-9-14)15(2)10-11-16-6-4-3-5-7-16/h3-9,12-13H,2H2,1H3. The van der Waals surface area contributed by atoms with Gasteiger partial charge in [0, 0.05) is 11.1 Å². The molecule has 0 heterocycles. The van der Waals surface area contributed by atoms with Gasteiger partial charge in [-0.3, -0.25) is 0 Å². The Hall–Kier alpha value is -2.26. The molecule has 0 aliphatic heterocycles. The predicted molar refractivity (Wildman–Crippen MR) is 73.5 cm³/mol. The van der Waals surface area contributed by atoms with Gasteiger partial charge in [-0.05, 0) is 24.6 Å². The Bertz CT molecular complexity index is 563. The van der Waals surface area contributed by atoms with E-state index in [0.717, 1.165) is 16.7 Å². The molecule has 0 unspecified atom stereocenters. The largest absolute Gasteiger partial charge is 0.0827 e. The Morgan fingerprint density at radius 3 is 2.24 bits per heavy atom. The Labute approximate surface area is 103 Å². The second-order valence-electron chi connectivity index (χ2n) is 3.96. The van der Waals surface area contributed by atoms with E-state index in [0.29, 0.717) is 0 Å². The summed E-state index contributed by atoms with van der Waals surface area (Å²) in [5.41, 5.74) is 4.20. The first-order valence-corrected chi connectivity index (χ1v) is 5.59. The molecule has 2 rings (SSSR count). The summed E-state index contributed by atoms with van der Waals surface area (Å²) in [7, 11) is 0. The van der Waals surface area contributed by atoms with Crippen molar-refractivity contribution in [1.29, 1.82) is 0 Å². The Balaban J connectivity index is 2.18. The Kier molecular flexibility index (Phi) is 3.43. The van der Waals surface area contributed by atoms with E-state index in [9.17, 15) is 0 Å². The number of rotatable bonds is 1. The Morgan fingerprint density at radius 2 is 1.59 bits per heavy atom. The molecule has 82 valence electrons. The molecule has 0 radical (unpaired) electrons. The fourth-order valence-corrected chi connectivity index (χ4v) is 1.50. The van der Waals surface area contributed by atoms with Crippen LogP contribution in [-0.2, 0) is 0 Å². The molecule has 0 fully saturated rings. The Morgan fingerprint density at radius 1 is 0.941 bits per heavy atom. The van der Waals surface area contributed by atoms with Crippen molar-refractivity contribution in [3.63, 3.8) is 0 Å². The van der Waals surface area contributed by atoms with E-state index >= 15 is 0 Å². The lowest BCUT2D eigenvalue weighted by Crippen LogP contribution is -1.80. The minimum atomic E-state index is 0.855. The van der Waals surface area contributed by atoms with Crippen LogP contribution in [0.5, 0.6) is 0 Å². The van der Waals surface area contributed by atoms with E-state index in [-0.39, 0.29) is 0 Å². The summed E-state index contributed by atoms with van der Waals surface area (Å²) in [5.74, 6) is 6.20. The van der Waals surface area contributed by atoms with Gasteiger partial charge in [0.1, 0.15) is 0 Å². The molecular formula is C17H14. The molecule has 0 bridgehead atoms. The van der Waals surface area contributed by atoms with Crippen LogP contribution in [0.4, 0.5) is 0 Å². The molecule has 0 aromatic heterocycles. The summed E-state index contributed by atoms with van der Waals surface area (Å²) in [6.45, 7) is 6.07. The van der Waals surface area contributed by atoms with Crippen molar-refractivity contribution in [3.05, 3.63) is 77.9 Å². The van der Waals surface area contributed by atoms with Crippen molar-refractivity contribution < 1.29 is 0 Å². The van der Waals surface area contributed by atoms with Crippen molar-refractivity contribution >= 4 is 5.57 Å². The average molecular weight is 218 g/mol. The highest BCUT2D eigenvalue weighted by Gasteiger charge is 1.94. The molecule has 0 N–H and O–H groups in total. The third kappa shape index (κ3) is 3.09. The summed E-state index contributed by atoms with van der Waals surface area (Å²) in [6, 6.07) is 18.2. The van der Waals surface area contributed by atoms with Crippen LogP contribution < -0.4 is 0 Å². The summed E-state index contributed by atoms with van der Waals surface area (Å²) >= 11 is 0. The third-order valence-electron chi connectivity index (χ3n) is 2.53. The van der Waals surface area contributed by atoms with Crippen molar-refractivity contribution in [3.8, 4) is 11.8 Å². The minimum absolute atomic E-state index is 0.855. The summed E-state index contributed by atoms with van der Waals surface area (Å²) in [6.07, 6.45) is 0. The first kappa shape index (κ1) is 11.2. The zero-order chi connectivity index (χ0) is 12.1. The van der Waals surface area contributed by atoms with Crippen molar-refractivity contribution in [1.82, 2.24) is 0 Å². The van der Waals surface area contributed by atoms with E-state index in [2.05, 4.69) is 49.6 Å². The van der Waals surface area contributed by atoms with Crippen LogP contribution in [0, 0.1) is 18.8 Å². The molecule has 0 nitrogen and oxygen atoms in total. The quantitative estimate of drug-likeness (QED) is 0.633. The molecule has 2 aromatic rings. The SMILES string of the molecule is C=C(C#Cc1ccccc1)c1ccc(C)cc1. The van der Waals surface area contributed by atoms with Gasteiger partial charge in [0.05, 0.1) is 0 Å². The van der Waals surface area contributed by atoms with Crippen LogP contribution in [0.25, 0.3) is 5.57 Å². The molecule has 0 aliphatic carbocycles. The highest BCUT2D eigenvalue weighted by Crippen LogP contribution is 2.12. The van der Waals surface area contributed by atoms with Gasteiger partial charge in [0.25, 0.3) is 0 Å². The zero-order valence-electron chi connectivity index (χ0n) is 9.90. The van der Waals surface area contributed by atoms with E-state index in [1.807, 2.05) is 30.3 Å². The van der Waals surface area contributed by atoms with Crippen LogP contribution in [0.3, 0.4) is 0 Å². The highest BCUT2D eigenvalue weighted by molar-refractivity contribution is 5.77. The van der Waals surface area contributed by atoms with Gasteiger partial charge in [-0.15, -0.1) is 0 Å². The van der Waals surface area contributed by atoms with E-state index < -0.39 is 0 Å². The van der Waals surface area contributed by atoms with Gasteiger partial charge < -0.3 is 0 Å². The topological polar surface area (TPSA) is 0 Å². The lowest BCUT2D eigenvalue weighted by molar-refractivity contribution is 1.46. The minimum Gasteiger partial charge on any atom is -0.0827 e. The summed E-state index contributed by atoms with van der Waals surface area (Å²) in [5, 5.41) is 0. The molecule has 0 heteroatoms. The molecule has 0 saturated heterocycles. The second kappa shape index (κ2) is 5.18. The van der Waals surface area contributed by atoms with Crippen molar-refractivity contribution in [2.24, 2.45) is 0 Å². The molecule has 2 aromatic carbocycles. The number of benzene rings is 2. The van der Waals surface area contributed by atoms with Gasteiger partial charge in [0.2, 0.25) is 0 Å². The van der Waals surface area contributed by atoms with Gasteiger partial charge >= 0.3 is 0 Å². The highest BCUT2D eigenvalue weighted by atomic mass is 14.0. The predicted octanol–water partition coefficient (Wildman–Crippen LogP) is 4.06. The number of hydrogen-bond donors (Lipinski definition) is 0. The van der Waals surface area contributed by atoms with Gasteiger partial charge in [-0.1, -0.05) is 66.4 Å². The maximum Gasteiger partial charge on any atom is 0.0249 e. The third-order valence-corrected chi connectivity index (χ3v) is 2.53. The van der Waals surface area contributed by atoms with E-state index in [1.165, 1.54) is 5.56 Å². The molecule has 0 aliphatic rings. The fourth-order valence-electron chi connectivity index (χ4n) is 1.50. The smallest absolute Gasteiger partial charge is 0.0249 e. The molecule has 17 heavy (non-hydrogen) atoms. The number of hydrogen-bond acceptors (Lipinski definition) is 0. The van der Waals surface area contributed by atoms with Crippen LogP contribution in [0.15, 0.2) is 61.2 Å². The first-order chi connectivity index (χ1) is 8.25. The number of allylic oxidation sites excluding steroid dienone is 1. The first-order valence-electron chi connectivity index (χ1n) is 5.59. The summed E-state index contributed by atoms with van der Waals surface area (Å²) < 4.78 is 0. The molecule has 0 spiro atoms. The van der Waals surface area contributed by atoms with Gasteiger partial charge in [-0.2, -0.15) is 0 Å². The van der Waals surface area contributed by atoms with Gasteiger partial charge in [-0.25, -0.2) is 0 Å². The van der Waals surface area contributed by atoms with Crippen LogP contribution >= 0.6 is 0 Å². The second-order valence-corrected chi connectivity index (χ2v) is 3.96. The van der Waals surface area contributed by atoms with E-state index in [4.69, 9.17) is 0 Å². The van der Waals surface area contributed by atoms with E-state index in [1.54, 1.807) is 0 Å². The molecule has 0 atom stereocenters. The lowest BCUT2D eigenvalue weighted by atomic mass is 10.1. The summed E-state index contributed by atoms with van der Waals surface area (Å²) in [4.78, 5) is 0. The number of aryl methyl sites for hydroxylation is 1. The van der Waals surface area contributed by atoms with Gasteiger partial charge in [0.15, 0.2) is 0 Å². The molecule has 0 saturated carbocycles. The molecule has 0 amide bonds. The fraction of sp³-hybridized carbons (Fsp3) is 0.0588. The maximum absolute atomic E-state index is 4.00. The van der Waals surface area contributed by atoms with Crippen molar-refractivity contribution in [2.75, 3.05) is 0 Å². The maximum atomic E-state index is 4.00. The van der Waals surface area contributed by atoms with Crippen molar-refractivity contribution in [2.45, 2.75) is 6.92 Å². The molecular weight excluding hydrogens is 204 g/mol. The van der Waals surface area contributed by atoms with Crippen LogP contribution in [-0.4, -0.2) is 0 Å². The lowest BCUT2D eigenvalue weighted by Gasteiger charge is -1.98. The van der Waals surface area contributed by atoms with Crippen LogP contribution in [0.1, 0.15) is 16.7 Å². The normalized spacial score (nSPS) is 9.24. The monoisotopic (exact) mass is 218 g/mol. The average Bonchev–Trinajstić information content (AvgIpc) is 2.38. The van der Waals surface area contributed by atoms with Crippen LogP contribution in [0.2, 0.25) is 0 Å².